The number of halogens is 1. The second-order valence-corrected chi connectivity index (χ2v) is 10.3. The van der Waals surface area contributed by atoms with Gasteiger partial charge in [-0.15, -0.1) is 11.6 Å². The molecule has 2 aromatic heterocycles. The molecule has 0 spiro atoms. The minimum atomic E-state index is -0.686. The molecule has 39 heavy (non-hydrogen) atoms. The van der Waals surface area contributed by atoms with E-state index in [1.165, 1.54) is 5.56 Å². The summed E-state index contributed by atoms with van der Waals surface area (Å²) in [4.78, 5) is 27.2. The third-order valence-corrected chi connectivity index (χ3v) is 7.58. The fourth-order valence-electron chi connectivity index (χ4n) is 4.97. The van der Waals surface area contributed by atoms with Gasteiger partial charge in [0.1, 0.15) is 17.0 Å². The summed E-state index contributed by atoms with van der Waals surface area (Å²) < 4.78 is 1.87. The molecular weight excluding hydrogens is 508 g/mol. The summed E-state index contributed by atoms with van der Waals surface area (Å²) in [5.74, 6) is 1.52. The number of hydrogen-bond acceptors (Lipinski definition) is 5. The van der Waals surface area contributed by atoms with E-state index in [4.69, 9.17) is 21.6 Å². The van der Waals surface area contributed by atoms with Crippen LogP contribution in [0.25, 0.3) is 16.7 Å². The van der Waals surface area contributed by atoms with Crippen molar-refractivity contribution in [2.75, 3.05) is 31.1 Å². The Bertz CT molecular complexity index is 1580. The summed E-state index contributed by atoms with van der Waals surface area (Å²) in [5.41, 5.74) is 4.91. The molecule has 8 heteroatoms. The van der Waals surface area contributed by atoms with Crippen LogP contribution in [0.3, 0.4) is 0 Å². The Hall–Kier alpha value is -4.23. The SMILES string of the molecule is Cc1ccc(Cc2nc(N3CCN(C(=O)C(Cl)c4ccccc4)CC3)c3cnn(-c4ccccc4)c3n2)cc1. The highest BCUT2D eigenvalue weighted by Crippen LogP contribution is 2.29. The maximum Gasteiger partial charge on any atom is 0.245 e. The highest BCUT2D eigenvalue weighted by Gasteiger charge is 2.29. The van der Waals surface area contributed by atoms with E-state index in [2.05, 4.69) is 41.2 Å². The monoisotopic (exact) mass is 536 g/mol. The standard InChI is InChI=1S/C31H29ClN6O/c1-22-12-14-23(15-13-22)20-27-34-29(26-21-33-38(30(26)35-27)25-10-6-3-7-11-25)36-16-18-37(19-17-36)31(39)28(32)24-8-4-2-5-9-24/h2-15,21,28H,16-20H2,1H3. The number of aromatic nitrogens is 4. The van der Waals surface area contributed by atoms with Gasteiger partial charge in [0, 0.05) is 32.6 Å². The summed E-state index contributed by atoms with van der Waals surface area (Å²) in [7, 11) is 0. The first-order valence-corrected chi connectivity index (χ1v) is 13.6. The number of carbonyl (C=O) groups is 1. The zero-order chi connectivity index (χ0) is 26.8. The molecule has 6 rings (SSSR count). The van der Waals surface area contributed by atoms with E-state index >= 15 is 0 Å². The maximum atomic E-state index is 13.1. The molecule has 1 atom stereocenters. The van der Waals surface area contributed by atoms with Crippen LogP contribution in [0, 0.1) is 6.92 Å². The maximum absolute atomic E-state index is 13.1. The van der Waals surface area contributed by atoms with Gasteiger partial charge in [0.05, 0.1) is 17.3 Å². The van der Waals surface area contributed by atoms with Crippen LogP contribution in [0.2, 0.25) is 0 Å². The number of anilines is 1. The van der Waals surface area contributed by atoms with Crippen LogP contribution in [-0.4, -0.2) is 56.7 Å². The van der Waals surface area contributed by atoms with E-state index in [0.29, 0.717) is 32.6 Å². The second kappa shape index (κ2) is 10.9. The Morgan fingerprint density at radius 2 is 1.54 bits per heavy atom. The van der Waals surface area contributed by atoms with Gasteiger partial charge in [-0.2, -0.15) is 5.10 Å². The topological polar surface area (TPSA) is 67.2 Å². The Morgan fingerprint density at radius 1 is 0.872 bits per heavy atom. The molecule has 0 radical (unpaired) electrons. The number of para-hydroxylation sites is 1. The molecule has 196 valence electrons. The molecule has 1 saturated heterocycles. The summed E-state index contributed by atoms with van der Waals surface area (Å²) in [6, 6.07) is 28.0. The van der Waals surface area contributed by atoms with Gasteiger partial charge in [-0.1, -0.05) is 78.4 Å². The summed E-state index contributed by atoms with van der Waals surface area (Å²) in [5, 5.41) is 4.89. The van der Waals surface area contributed by atoms with Crippen molar-refractivity contribution in [2.24, 2.45) is 0 Å². The molecule has 1 unspecified atom stereocenters. The molecule has 0 aliphatic carbocycles. The van der Waals surface area contributed by atoms with E-state index in [0.717, 1.165) is 39.5 Å². The van der Waals surface area contributed by atoms with Crippen LogP contribution in [0.5, 0.6) is 0 Å². The predicted molar refractivity (Wildman–Crippen MR) is 154 cm³/mol. The number of carbonyl (C=O) groups excluding carboxylic acids is 1. The number of fused-ring (bicyclic) bond motifs is 1. The lowest BCUT2D eigenvalue weighted by molar-refractivity contribution is -0.131. The number of aryl methyl sites for hydroxylation is 1. The van der Waals surface area contributed by atoms with Crippen molar-refractivity contribution in [1.82, 2.24) is 24.6 Å². The van der Waals surface area contributed by atoms with Gasteiger partial charge in [-0.3, -0.25) is 4.79 Å². The molecule has 1 aliphatic rings. The second-order valence-electron chi connectivity index (χ2n) is 9.84. The number of alkyl halides is 1. The van der Waals surface area contributed by atoms with E-state index in [-0.39, 0.29) is 5.91 Å². The first-order valence-electron chi connectivity index (χ1n) is 13.2. The van der Waals surface area contributed by atoms with Crippen molar-refractivity contribution < 1.29 is 4.79 Å². The number of nitrogens with zero attached hydrogens (tertiary/aromatic N) is 6. The zero-order valence-corrected chi connectivity index (χ0v) is 22.5. The molecule has 3 aromatic carbocycles. The van der Waals surface area contributed by atoms with Gasteiger partial charge >= 0.3 is 0 Å². The van der Waals surface area contributed by atoms with Gasteiger partial charge in [-0.05, 0) is 30.2 Å². The minimum absolute atomic E-state index is 0.0627. The molecule has 7 nitrogen and oxygen atoms in total. The van der Waals surface area contributed by atoms with Crippen LogP contribution in [-0.2, 0) is 11.2 Å². The minimum Gasteiger partial charge on any atom is -0.352 e. The normalized spacial score (nSPS) is 14.5. The van der Waals surface area contributed by atoms with Gasteiger partial charge < -0.3 is 9.80 Å². The average Bonchev–Trinajstić information content (AvgIpc) is 3.42. The lowest BCUT2D eigenvalue weighted by Crippen LogP contribution is -2.50. The van der Waals surface area contributed by atoms with Gasteiger partial charge in [0.25, 0.3) is 0 Å². The highest BCUT2D eigenvalue weighted by atomic mass is 35.5. The smallest absolute Gasteiger partial charge is 0.245 e. The van der Waals surface area contributed by atoms with Crippen molar-refractivity contribution in [2.45, 2.75) is 18.7 Å². The zero-order valence-electron chi connectivity index (χ0n) is 21.7. The Labute approximate surface area is 232 Å². The molecule has 0 N–H and O–H groups in total. The first kappa shape index (κ1) is 25.1. The molecule has 1 fully saturated rings. The third kappa shape index (κ3) is 5.22. The first-order chi connectivity index (χ1) is 19.1. The van der Waals surface area contributed by atoms with E-state index in [1.54, 1.807) is 0 Å². The van der Waals surface area contributed by atoms with E-state index < -0.39 is 5.38 Å². The van der Waals surface area contributed by atoms with E-state index in [9.17, 15) is 4.79 Å². The number of hydrogen-bond donors (Lipinski definition) is 0. The Morgan fingerprint density at radius 3 is 2.23 bits per heavy atom. The molecular formula is C31H29ClN6O. The predicted octanol–water partition coefficient (Wildman–Crippen LogP) is 5.34. The highest BCUT2D eigenvalue weighted by molar-refractivity contribution is 6.30. The lowest BCUT2D eigenvalue weighted by Gasteiger charge is -2.36. The largest absolute Gasteiger partial charge is 0.352 e. The van der Waals surface area contributed by atoms with Crippen LogP contribution in [0.1, 0.15) is 27.9 Å². The molecule has 0 bridgehead atoms. The molecule has 0 saturated carbocycles. The van der Waals surface area contributed by atoms with E-state index in [1.807, 2.05) is 76.4 Å². The molecule has 3 heterocycles. The summed E-state index contributed by atoms with van der Waals surface area (Å²) in [6.07, 6.45) is 2.46. The Balaban J connectivity index is 1.29. The number of rotatable bonds is 6. The van der Waals surface area contributed by atoms with Crippen LogP contribution >= 0.6 is 11.6 Å². The van der Waals surface area contributed by atoms with Crippen LogP contribution < -0.4 is 4.90 Å². The van der Waals surface area contributed by atoms with Crippen molar-refractivity contribution in [3.8, 4) is 5.69 Å². The average molecular weight is 537 g/mol. The number of amides is 1. The summed E-state index contributed by atoms with van der Waals surface area (Å²) >= 11 is 6.55. The molecule has 1 aliphatic heterocycles. The fraction of sp³-hybridized carbons (Fsp3) is 0.226. The number of benzene rings is 3. The number of piperazine rings is 1. The van der Waals surface area contributed by atoms with Gasteiger partial charge in [0.15, 0.2) is 5.65 Å². The van der Waals surface area contributed by atoms with Crippen molar-refractivity contribution in [1.29, 1.82) is 0 Å². The van der Waals surface area contributed by atoms with Crippen molar-refractivity contribution in [3.05, 3.63) is 114 Å². The molecule has 5 aromatic rings. The van der Waals surface area contributed by atoms with Crippen LogP contribution in [0.4, 0.5) is 5.82 Å². The molecule has 1 amide bonds. The lowest BCUT2D eigenvalue weighted by atomic mass is 10.1. The quantitative estimate of drug-likeness (QED) is 0.274. The third-order valence-electron chi connectivity index (χ3n) is 7.14. The van der Waals surface area contributed by atoms with Gasteiger partial charge in [0.2, 0.25) is 5.91 Å². The van der Waals surface area contributed by atoms with Crippen molar-refractivity contribution in [3.63, 3.8) is 0 Å². The van der Waals surface area contributed by atoms with Gasteiger partial charge in [-0.25, -0.2) is 14.6 Å². The summed E-state index contributed by atoms with van der Waals surface area (Å²) in [6.45, 7) is 4.52. The van der Waals surface area contributed by atoms with Crippen molar-refractivity contribution >= 4 is 34.4 Å². The fourth-order valence-corrected chi connectivity index (χ4v) is 5.25. The van der Waals surface area contributed by atoms with Crippen LogP contribution in [0.15, 0.2) is 91.1 Å². The Kier molecular flexibility index (Phi) is 6.99.